The van der Waals surface area contributed by atoms with Crippen LogP contribution in [0.3, 0.4) is 0 Å². The molecule has 2 nitrogen and oxygen atoms in total. The van der Waals surface area contributed by atoms with Gasteiger partial charge in [0.2, 0.25) is 0 Å². The molecule has 0 radical (unpaired) electrons. The molecular weight excluding hydrogens is 229 g/mol. The van der Waals surface area contributed by atoms with Gasteiger partial charge in [-0.1, -0.05) is 6.07 Å². The summed E-state index contributed by atoms with van der Waals surface area (Å²) < 4.78 is 37.8. The third kappa shape index (κ3) is 2.54. The number of hydrogen-bond acceptors (Lipinski definition) is 2. The highest BCUT2D eigenvalue weighted by molar-refractivity contribution is 5.59. The van der Waals surface area contributed by atoms with Gasteiger partial charge in [-0.3, -0.25) is 0 Å². The summed E-state index contributed by atoms with van der Waals surface area (Å²) in [7, 11) is 0. The average molecular weight is 244 g/mol. The van der Waals surface area contributed by atoms with Gasteiger partial charge in [0.05, 0.1) is 5.56 Å². The van der Waals surface area contributed by atoms with Crippen molar-refractivity contribution < 1.29 is 13.2 Å². The first kappa shape index (κ1) is 12.2. The van der Waals surface area contributed by atoms with Gasteiger partial charge in [-0.25, -0.2) is 0 Å². The number of nitrogens with zero attached hydrogens (tertiary/aromatic N) is 1. The third-order valence-electron chi connectivity index (χ3n) is 3.04. The molecule has 2 rings (SSSR count). The van der Waals surface area contributed by atoms with Crippen LogP contribution < -0.4 is 10.6 Å². The van der Waals surface area contributed by atoms with E-state index in [4.69, 9.17) is 5.73 Å². The topological polar surface area (TPSA) is 29.3 Å². The fourth-order valence-corrected chi connectivity index (χ4v) is 2.14. The third-order valence-corrected chi connectivity index (χ3v) is 3.04. The lowest BCUT2D eigenvalue weighted by molar-refractivity contribution is -0.137. The highest BCUT2D eigenvalue weighted by atomic mass is 19.4. The van der Waals surface area contributed by atoms with Crippen molar-refractivity contribution in [3.05, 3.63) is 29.3 Å². The number of alkyl halides is 3. The number of fused-ring (bicyclic) bond motifs is 1. The van der Waals surface area contributed by atoms with Crippen molar-refractivity contribution >= 4 is 5.69 Å². The zero-order chi connectivity index (χ0) is 12.5. The molecule has 0 saturated heterocycles. The minimum atomic E-state index is -4.27. The van der Waals surface area contributed by atoms with Gasteiger partial charge < -0.3 is 10.6 Å². The minimum absolute atomic E-state index is 0.560. The van der Waals surface area contributed by atoms with Gasteiger partial charge in [0.15, 0.2) is 0 Å². The predicted octanol–water partition coefficient (Wildman–Crippen LogP) is 2.42. The van der Waals surface area contributed by atoms with Crippen LogP contribution in [0, 0.1) is 0 Å². The highest BCUT2D eigenvalue weighted by Gasteiger charge is 2.32. The van der Waals surface area contributed by atoms with Gasteiger partial charge in [-0.05, 0) is 37.1 Å². The Bertz CT molecular complexity index is 401. The molecule has 5 heteroatoms. The molecule has 2 N–H and O–H groups in total. The van der Waals surface area contributed by atoms with Crippen LogP contribution in [-0.4, -0.2) is 19.6 Å². The monoisotopic (exact) mass is 244 g/mol. The van der Waals surface area contributed by atoms with E-state index in [9.17, 15) is 13.2 Å². The number of hydrogen-bond donors (Lipinski definition) is 1. The maximum absolute atomic E-state index is 12.6. The number of rotatable bonds is 3. The molecule has 0 saturated carbocycles. The molecule has 0 bridgehead atoms. The summed E-state index contributed by atoms with van der Waals surface area (Å²) in [5, 5.41) is 0. The first-order valence-electron chi connectivity index (χ1n) is 5.67. The Morgan fingerprint density at radius 2 is 2.06 bits per heavy atom. The number of halogens is 3. The molecule has 1 aromatic carbocycles. The van der Waals surface area contributed by atoms with E-state index in [-0.39, 0.29) is 0 Å². The van der Waals surface area contributed by atoms with Gasteiger partial charge in [0.25, 0.3) is 0 Å². The summed E-state index contributed by atoms with van der Waals surface area (Å²) in [4.78, 5) is 1.98. The summed E-state index contributed by atoms with van der Waals surface area (Å²) in [5.41, 5.74) is 6.56. The largest absolute Gasteiger partial charge is 0.416 e. The van der Waals surface area contributed by atoms with Crippen molar-refractivity contribution in [2.45, 2.75) is 19.0 Å². The summed E-state index contributed by atoms with van der Waals surface area (Å²) in [5.74, 6) is 0. The second kappa shape index (κ2) is 4.56. The Balaban J connectivity index is 2.24. The van der Waals surface area contributed by atoms with Crippen molar-refractivity contribution in [1.29, 1.82) is 0 Å². The molecule has 0 aromatic heterocycles. The Morgan fingerprint density at radius 3 is 2.71 bits per heavy atom. The number of nitrogens with two attached hydrogens (primary N) is 1. The number of benzene rings is 1. The van der Waals surface area contributed by atoms with Crippen molar-refractivity contribution in [3.63, 3.8) is 0 Å². The summed E-state index contributed by atoms with van der Waals surface area (Å²) in [6.07, 6.45) is -2.65. The molecule has 1 aromatic rings. The number of anilines is 1. The van der Waals surface area contributed by atoms with Crippen molar-refractivity contribution in [3.8, 4) is 0 Å². The molecule has 94 valence electrons. The molecule has 17 heavy (non-hydrogen) atoms. The first-order valence-corrected chi connectivity index (χ1v) is 5.67. The zero-order valence-corrected chi connectivity index (χ0v) is 9.43. The zero-order valence-electron chi connectivity index (χ0n) is 9.43. The van der Waals surface area contributed by atoms with Gasteiger partial charge in [-0.15, -0.1) is 0 Å². The molecule has 0 fully saturated rings. The lowest BCUT2D eigenvalue weighted by Crippen LogP contribution is -2.24. The lowest BCUT2D eigenvalue weighted by Gasteiger charge is -2.20. The van der Waals surface area contributed by atoms with Crippen LogP contribution in [-0.2, 0) is 12.6 Å². The highest BCUT2D eigenvalue weighted by Crippen LogP contribution is 2.36. The summed E-state index contributed by atoms with van der Waals surface area (Å²) >= 11 is 0. The lowest BCUT2D eigenvalue weighted by atomic mass is 10.1. The van der Waals surface area contributed by atoms with Gasteiger partial charge >= 0.3 is 6.18 Å². The van der Waals surface area contributed by atoms with Crippen LogP contribution in [0.1, 0.15) is 17.5 Å². The Kier molecular flexibility index (Phi) is 3.28. The normalized spacial score (nSPS) is 15.2. The van der Waals surface area contributed by atoms with E-state index >= 15 is 0 Å². The fourth-order valence-electron chi connectivity index (χ4n) is 2.14. The van der Waals surface area contributed by atoms with E-state index in [2.05, 4.69) is 0 Å². The standard InChI is InChI=1S/C12H15F3N2/c13-12(14,15)10-3-2-9-4-7-17(6-1-5-16)11(9)8-10/h2-3,8H,1,4-7,16H2. The molecule has 1 aliphatic heterocycles. The van der Waals surface area contributed by atoms with Crippen LogP contribution in [0.4, 0.5) is 18.9 Å². The summed E-state index contributed by atoms with van der Waals surface area (Å²) in [6.45, 7) is 2.08. The molecule has 0 amide bonds. The SMILES string of the molecule is NCCCN1CCc2ccc(C(F)(F)F)cc21. The smallest absolute Gasteiger partial charge is 0.371 e. The maximum Gasteiger partial charge on any atom is 0.416 e. The molecule has 1 heterocycles. The van der Waals surface area contributed by atoms with Crippen molar-refractivity contribution in [1.82, 2.24) is 0 Å². The Hall–Kier alpha value is -1.23. The van der Waals surface area contributed by atoms with E-state index in [1.165, 1.54) is 6.07 Å². The molecule has 0 spiro atoms. The second-order valence-electron chi connectivity index (χ2n) is 4.22. The van der Waals surface area contributed by atoms with E-state index < -0.39 is 11.7 Å². The first-order chi connectivity index (χ1) is 8.02. The van der Waals surface area contributed by atoms with Crippen LogP contribution in [0.15, 0.2) is 18.2 Å². The quantitative estimate of drug-likeness (QED) is 0.884. The van der Waals surface area contributed by atoms with E-state index in [1.54, 1.807) is 6.07 Å². The second-order valence-corrected chi connectivity index (χ2v) is 4.22. The van der Waals surface area contributed by atoms with Crippen molar-refractivity contribution in [2.75, 3.05) is 24.5 Å². The fraction of sp³-hybridized carbons (Fsp3) is 0.500. The molecule has 1 aliphatic rings. The summed E-state index contributed by atoms with van der Waals surface area (Å²) in [6, 6.07) is 3.99. The van der Waals surface area contributed by atoms with E-state index in [1.807, 2.05) is 4.90 Å². The van der Waals surface area contributed by atoms with E-state index in [0.717, 1.165) is 37.6 Å². The van der Waals surface area contributed by atoms with Gasteiger partial charge in [0, 0.05) is 18.8 Å². The van der Waals surface area contributed by atoms with Gasteiger partial charge in [-0.2, -0.15) is 13.2 Å². The van der Waals surface area contributed by atoms with Crippen LogP contribution in [0.5, 0.6) is 0 Å². The molecule has 0 aliphatic carbocycles. The van der Waals surface area contributed by atoms with Crippen LogP contribution >= 0.6 is 0 Å². The molecule has 0 atom stereocenters. The van der Waals surface area contributed by atoms with Gasteiger partial charge in [0.1, 0.15) is 0 Å². The Labute approximate surface area is 98.2 Å². The molecule has 0 unspecified atom stereocenters. The Morgan fingerprint density at radius 1 is 1.29 bits per heavy atom. The van der Waals surface area contributed by atoms with E-state index in [0.29, 0.717) is 12.2 Å². The minimum Gasteiger partial charge on any atom is -0.371 e. The molecular formula is C12H15F3N2. The maximum atomic E-state index is 12.6. The van der Waals surface area contributed by atoms with Crippen molar-refractivity contribution in [2.24, 2.45) is 5.73 Å². The van der Waals surface area contributed by atoms with Crippen LogP contribution in [0.2, 0.25) is 0 Å². The van der Waals surface area contributed by atoms with Crippen LogP contribution in [0.25, 0.3) is 0 Å². The average Bonchev–Trinajstić information content (AvgIpc) is 2.67. The predicted molar refractivity (Wildman–Crippen MR) is 61.0 cm³/mol.